The standard InChI is InChI=1S/C22H35NO5S/c1-9-11-20(8)18(24)27-22(28-20)13-17-10-12-21(22,19(17,6)7)14-29(25,26)23(15(2)3)16(4)5/h1,15-17H,10-14H2,2-8H3/t17-,20-,21+,22-/m1/s1. The van der Waals surface area contributed by atoms with Crippen LogP contribution in [0, 0.1) is 29.1 Å². The average molecular weight is 426 g/mol. The Balaban J connectivity index is 2.09. The fraction of sp³-hybridized carbons (Fsp3) is 0.864. The minimum atomic E-state index is -3.63. The molecule has 1 saturated heterocycles. The molecule has 1 spiro atoms. The molecule has 0 unspecified atom stereocenters. The lowest BCUT2D eigenvalue weighted by Crippen LogP contribution is -2.57. The van der Waals surface area contributed by atoms with Crippen molar-refractivity contribution in [3.63, 3.8) is 0 Å². The number of nitrogens with zero attached hydrogens (tertiary/aromatic N) is 1. The van der Waals surface area contributed by atoms with Crippen molar-refractivity contribution in [3.8, 4) is 12.3 Å². The maximum absolute atomic E-state index is 13.6. The second-order valence-electron chi connectivity index (χ2n) is 10.4. The zero-order valence-electron chi connectivity index (χ0n) is 18.7. The van der Waals surface area contributed by atoms with Crippen molar-refractivity contribution in [2.24, 2.45) is 16.7 Å². The van der Waals surface area contributed by atoms with Gasteiger partial charge in [-0.25, -0.2) is 13.2 Å². The molecule has 29 heavy (non-hydrogen) atoms. The Hall–Kier alpha value is -1.10. The van der Waals surface area contributed by atoms with Gasteiger partial charge in [-0.05, 0) is 58.8 Å². The number of terminal acetylenes is 1. The Labute approximate surface area is 175 Å². The van der Waals surface area contributed by atoms with E-state index < -0.39 is 32.8 Å². The predicted molar refractivity (Wildman–Crippen MR) is 111 cm³/mol. The van der Waals surface area contributed by atoms with Gasteiger partial charge in [0.2, 0.25) is 15.8 Å². The van der Waals surface area contributed by atoms with Crippen LogP contribution in [0.2, 0.25) is 0 Å². The van der Waals surface area contributed by atoms with Crippen molar-refractivity contribution in [3.05, 3.63) is 0 Å². The molecule has 3 rings (SSSR count). The number of carbonyl (C=O) groups excluding carboxylic acids is 1. The summed E-state index contributed by atoms with van der Waals surface area (Å²) in [6.07, 6.45) is 7.64. The highest BCUT2D eigenvalue weighted by Crippen LogP contribution is 2.73. The smallest absolute Gasteiger partial charge is 0.341 e. The van der Waals surface area contributed by atoms with Gasteiger partial charge in [0.25, 0.3) is 0 Å². The normalized spacial score (nSPS) is 38.4. The summed E-state index contributed by atoms with van der Waals surface area (Å²) in [7, 11) is -3.63. The second kappa shape index (κ2) is 6.70. The molecule has 4 atom stereocenters. The van der Waals surface area contributed by atoms with Crippen molar-refractivity contribution in [1.29, 1.82) is 0 Å². The SMILES string of the molecule is C#CC[C@@]1(C)O[C@@]2(C[C@H]3CC[C@]2(CS(=O)(=O)N(C(C)C)C(C)C)C3(C)C)OC1=O. The fourth-order valence-electron chi connectivity index (χ4n) is 6.31. The molecule has 0 aromatic carbocycles. The Morgan fingerprint density at radius 1 is 1.21 bits per heavy atom. The van der Waals surface area contributed by atoms with Crippen molar-refractivity contribution in [2.75, 3.05) is 5.75 Å². The molecule has 0 aromatic heterocycles. The monoisotopic (exact) mass is 425 g/mol. The van der Waals surface area contributed by atoms with Gasteiger partial charge in [0.05, 0.1) is 11.2 Å². The first-order valence-corrected chi connectivity index (χ1v) is 12.2. The molecule has 0 radical (unpaired) electrons. The van der Waals surface area contributed by atoms with Crippen molar-refractivity contribution in [2.45, 2.75) is 97.6 Å². The summed E-state index contributed by atoms with van der Waals surface area (Å²) >= 11 is 0. The molecule has 2 bridgehead atoms. The van der Waals surface area contributed by atoms with Crippen LogP contribution < -0.4 is 0 Å². The van der Waals surface area contributed by atoms with Crippen LogP contribution >= 0.6 is 0 Å². The molecular formula is C22H35NO5S. The second-order valence-corrected chi connectivity index (χ2v) is 12.2. The lowest BCUT2D eigenvalue weighted by molar-refractivity contribution is -0.252. The lowest BCUT2D eigenvalue weighted by Gasteiger charge is -2.47. The van der Waals surface area contributed by atoms with Crippen LogP contribution in [-0.4, -0.2) is 47.9 Å². The molecule has 2 saturated carbocycles. The van der Waals surface area contributed by atoms with Crippen LogP contribution in [0.15, 0.2) is 0 Å². The molecule has 0 aromatic rings. The molecule has 7 heteroatoms. The summed E-state index contributed by atoms with van der Waals surface area (Å²) in [5.41, 5.74) is -2.39. The van der Waals surface area contributed by atoms with Crippen LogP contribution in [-0.2, 0) is 24.3 Å². The Morgan fingerprint density at radius 3 is 2.28 bits per heavy atom. The minimum Gasteiger partial charge on any atom is -0.430 e. The van der Waals surface area contributed by atoms with Gasteiger partial charge in [-0.3, -0.25) is 0 Å². The Kier molecular flexibility index (Phi) is 5.22. The van der Waals surface area contributed by atoms with E-state index in [0.717, 1.165) is 6.42 Å². The van der Waals surface area contributed by atoms with E-state index in [1.807, 2.05) is 27.7 Å². The molecule has 3 aliphatic rings. The summed E-state index contributed by atoms with van der Waals surface area (Å²) in [5.74, 6) is 0.910. The van der Waals surface area contributed by atoms with E-state index in [1.54, 1.807) is 11.2 Å². The summed E-state index contributed by atoms with van der Waals surface area (Å²) < 4.78 is 41.2. The molecule has 0 N–H and O–H groups in total. The van der Waals surface area contributed by atoms with E-state index in [9.17, 15) is 13.2 Å². The molecule has 1 heterocycles. The number of sulfonamides is 1. The van der Waals surface area contributed by atoms with Gasteiger partial charge in [-0.2, -0.15) is 4.31 Å². The topological polar surface area (TPSA) is 72.9 Å². The molecular weight excluding hydrogens is 390 g/mol. The number of carbonyl (C=O) groups is 1. The third kappa shape index (κ3) is 2.97. The first-order valence-electron chi connectivity index (χ1n) is 10.6. The Bertz CT molecular complexity index is 834. The van der Waals surface area contributed by atoms with E-state index in [0.29, 0.717) is 12.8 Å². The number of hydrogen-bond donors (Lipinski definition) is 0. The van der Waals surface area contributed by atoms with E-state index >= 15 is 0 Å². The van der Waals surface area contributed by atoms with Crippen molar-refractivity contribution < 1.29 is 22.7 Å². The van der Waals surface area contributed by atoms with Gasteiger partial charge in [-0.1, -0.05) is 13.8 Å². The van der Waals surface area contributed by atoms with E-state index in [4.69, 9.17) is 15.9 Å². The van der Waals surface area contributed by atoms with Gasteiger partial charge < -0.3 is 9.47 Å². The molecule has 2 aliphatic carbocycles. The quantitative estimate of drug-likeness (QED) is 0.482. The van der Waals surface area contributed by atoms with Gasteiger partial charge in [0.1, 0.15) is 0 Å². The van der Waals surface area contributed by atoms with E-state index in [2.05, 4.69) is 19.8 Å². The highest BCUT2D eigenvalue weighted by atomic mass is 32.2. The maximum Gasteiger partial charge on any atom is 0.341 e. The summed E-state index contributed by atoms with van der Waals surface area (Å²) in [5, 5.41) is 0. The first-order chi connectivity index (χ1) is 13.2. The number of ether oxygens (including phenoxy) is 2. The van der Waals surface area contributed by atoms with Crippen LogP contribution in [0.3, 0.4) is 0 Å². The summed E-state index contributed by atoms with van der Waals surface area (Å²) in [6.45, 7) is 13.4. The van der Waals surface area contributed by atoms with Crippen LogP contribution in [0.1, 0.15) is 74.1 Å². The third-order valence-electron chi connectivity index (χ3n) is 7.70. The number of esters is 1. The predicted octanol–water partition coefficient (Wildman–Crippen LogP) is 3.31. The first kappa shape index (κ1) is 22.6. The third-order valence-corrected chi connectivity index (χ3v) is 10.0. The maximum atomic E-state index is 13.6. The molecule has 6 nitrogen and oxygen atoms in total. The summed E-state index contributed by atoms with van der Waals surface area (Å²) in [6, 6.07) is -0.319. The average Bonchev–Trinajstić information content (AvgIpc) is 2.98. The Morgan fingerprint density at radius 2 is 1.79 bits per heavy atom. The number of hydrogen-bond acceptors (Lipinski definition) is 5. The van der Waals surface area contributed by atoms with Gasteiger partial charge >= 0.3 is 5.97 Å². The zero-order chi connectivity index (χ0) is 22.0. The van der Waals surface area contributed by atoms with Crippen LogP contribution in [0.4, 0.5) is 0 Å². The number of rotatable bonds is 6. The zero-order valence-corrected chi connectivity index (χ0v) is 19.6. The summed E-state index contributed by atoms with van der Waals surface area (Å²) in [4.78, 5) is 12.8. The highest BCUT2D eigenvalue weighted by Gasteiger charge is 2.79. The largest absolute Gasteiger partial charge is 0.430 e. The molecule has 3 fully saturated rings. The van der Waals surface area contributed by atoms with E-state index in [1.165, 1.54) is 0 Å². The van der Waals surface area contributed by atoms with Crippen LogP contribution in [0.25, 0.3) is 0 Å². The minimum absolute atomic E-state index is 0.0979. The molecule has 1 aliphatic heterocycles. The van der Waals surface area contributed by atoms with Crippen molar-refractivity contribution in [1.82, 2.24) is 4.31 Å². The number of fused-ring (bicyclic) bond motifs is 3. The van der Waals surface area contributed by atoms with Crippen molar-refractivity contribution >= 4 is 16.0 Å². The van der Waals surface area contributed by atoms with Gasteiger partial charge in [-0.15, -0.1) is 12.3 Å². The van der Waals surface area contributed by atoms with Crippen LogP contribution in [0.5, 0.6) is 0 Å². The lowest BCUT2D eigenvalue weighted by atomic mass is 9.68. The van der Waals surface area contributed by atoms with Gasteiger partial charge in [0, 0.05) is 24.9 Å². The highest BCUT2D eigenvalue weighted by molar-refractivity contribution is 7.89. The fourth-order valence-corrected chi connectivity index (χ4v) is 9.10. The molecule has 164 valence electrons. The van der Waals surface area contributed by atoms with E-state index in [-0.39, 0.29) is 35.6 Å². The van der Waals surface area contributed by atoms with Gasteiger partial charge in [0.15, 0.2) is 5.60 Å². The molecule has 0 amide bonds.